The van der Waals surface area contributed by atoms with Crippen molar-refractivity contribution in [3.63, 3.8) is 0 Å². The average molecular weight is 286 g/mol. The predicted molar refractivity (Wildman–Crippen MR) is 85.1 cm³/mol. The first kappa shape index (κ1) is 14.6. The molecule has 1 amide bonds. The van der Waals surface area contributed by atoms with Gasteiger partial charge in [0, 0.05) is 31.5 Å². The smallest absolute Gasteiger partial charge is 0.222 e. The minimum absolute atomic E-state index is 0.337. The van der Waals surface area contributed by atoms with Gasteiger partial charge in [0.2, 0.25) is 5.91 Å². The van der Waals surface area contributed by atoms with Crippen molar-refractivity contribution in [3.8, 4) is 0 Å². The largest absolute Gasteiger partial charge is 0.342 e. The molecule has 114 valence electrons. The maximum Gasteiger partial charge on any atom is 0.222 e. The van der Waals surface area contributed by atoms with Gasteiger partial charge in [0.15, 0.2) is 0 Å². The molecule has 0 saturated carbocycles. The molecular weight excluding hydrogens is 260 g/mol. The first-order valence-corrected chi connectivity index (χ1v) is 8.17. The van der Waals surface area contributed by atoms with Gasteiger partial charge in [-0.2, -0.15) is 0 Å². The molecule has 3 nitrogen and oxygen atoms in total. The number of piperidine rings is 1. The molecule has 2 fully saturated rings. The van der Waals surface area contributed by atoms with Gasteiger partial charge in [-0.05, 0) is 44.8 Å². The first-order chi connectivity index (χ1) is 10.2. The quantitative estimate of drug-likeness (QED) is 0.852. The Morgan fingerprint density at radius 3 is 2.71 bits per heavy atom. The Kier molecular flexibility index (Phi) is 4.29. The van der Waals surface area contributed by atoms with Gasteiger partial charge in [-0.3, -0.25) is 4.79 Å². The molecule has 0 radical (unpaired) electrons. The van der Waals surface area contributed by atoms with Crippen LogP contribution in [-0.2, 0) is 11.2 Å². The molecule has 1 atom stereocenters. The number of nitrogens with zero attached hydrogens (tertiary/aromatic N) is 2. The van der Waals surface area contributed by atoms with Gasteiger partial charge in [-0.25, -0.2) is 0 Å². The molecule has 3 rings (SSSR count). The van der Waals surface area contributed by atoms with Crippen molar-refractivity contribution in [1.82, 2.24) is 9.80 Å². The highest BCUT2D eigenvalue weighted by atomic mass is 16.2. The lowest BCUT2D eigenvalue weighted by Crippen LogP contribution is -2.43. The van der Waals surface area contributed by atoms with Crippen LogP contribution in [0.1, 0.15) is 31.2 Å². The van der Waals surface area contributed by atoms with Crippen molar-refractivity contribution in [2.45, 2.75) is 32.1 Å². The topological polar surface area (TPSA) is 23.6 Å². The molecule has 0 aliphatic carbocycles. The number of likely N-dealkylation sites (tertiary alicyclic amines) is 2. The highest BCUT2D eigenvalue weighted by Crippen LogP contribution is 2.38. The van der Waals surface area contributed by atoms with Crippen LogP contribution in [0.15, 0.2) is 30.3 Å². The SMILES string of the molecule is CN1CCC[C@@]2(CCN(C(=O)CCc3ccccc3)C2)C1. The molecule has 1 spiro atoms. The standard InChI is InChI=1S/C18H26N2O/c1-19-12-5-10-18(14-19)11-13-20(15-18)17(21)9-8-16-6-3-2-4-7-16/h2-4,6-7H,5,8-15H2,1H3/t18-/m1/s1. The molecule has 0 unspecified atom stereocenters. The molecule has 1 aromatic rings. The van der Waals surface area contributed by atoms with Crippen molar-refractivity contribution < 1.29 is 4.79 Å². The van der Waals surface area contributed by atoms with Crippen LogP contribution < -0.4 is 0 Å². The van der Waals surface area contributed by atoms with Crippen LogP contribution in [0.25, 0.3) is 0 Å². The maximum absolute atomic E-state index is 12.4. The molecule has 2 aliphatic rings. The molecule has 2 saturated heterocycles. The zero-order valence-electron chi connectivity index (χ0n) is 13.1. The van der Waals surface area contributed by atoms with Gasteiger partial charge < -0.3 is 9.80 Å². The van der Waals surface area contributed by atoms with Crippen LogP contribution in [0.4, 0.5) is 0 Å². The van der Waals surface area contributed by atoms with Crippen molar-refractivity contribution in [2.24, 2.45) is 5.41 Å². The van der Waals surface area contributed by atoms with Crippen molar-refractivity contribution in [1.29, 1.82) is 0 Å². The van der Waals surface area contributed by atoms with E-state index < -0.39 is 0 Å². The van der Waals surface area contributed by atoms with E-state index in [1.807, 2.05) is 18.2 Å². The summed E-state index contributed by atoms with van der Waals surface area (Å²) in [5.41, 5.74) is 1.65. The Morgan fingerprint density at radius 1 is 1.14 bits per heavy atom. The third-order valence-electron chi connectivity index (χ3n) is 5.11. The van der Waals surface area contributed by atoms with Crippen LogP contribution in [0.5, 0.6) is 0 Å². The first-order valence-electron chi connectivity index (χ1n) is 8.17. The average Bonchev–Trinajstić information content (AvgIpc) is 2.89. The summed E-state index contributed by atoms with van der Waals surface area (Å²) in [5, 5.41) is 0. The molecule has 2 aliphatic heterocycles. The monoisotopic (exact) mass is 286 g/mol. The summed E-state index contributed by atoms with van der Waals surface area (Å²) in [7, 11) is 2.21. The minimum Gasteiger partial charge on any atom is -0.342 e. The van der Waals surface area contributed by atoms with Gasteiger partial charge in [-0.15, -0.1) is 0 Å². The molecule has 0 aromatic heterocycles. The van der Waals surface area contributed by atoms with Crippen LogP contribution in [0, 0.1) is 5.41 Å². The van der Waals surface area contributed by atoms with E-state index in [-0.39, 0.29) is 0 Å². The molecule has 2 heterocycles. The predicted octanol–water partition coefficient (Wildman–Crippen LogP) is 2.56. The Bertz CT molecular complexity index is 487. The Hall–Kier alpha value is -1.35. The van der Waals surface area contributed by atoms with E-state index in [4.69, 9.17) is 0 Å². The van der Waals surface area contributed by atoms with E-state index >= 15 is 0 Å². The van der Waals surface area contributed by atoms with E-state index in [0.29, 0.717) is 17.7 Å². The zero-order valence-corrected chi connectivity index (χ0v) is 13.1. The summed E-state index contributed by atoms with van der Waals surface area (Å²) in [6.07, 6.45) is 5.27. The molecule has 21 heavy (non-hydrogen) atoms. The number of carbonyl (C=O) groups is 1. The Morgan fingerprint density at radius 2 is 1.95 bits per heavy atom. The molecular formula is C18H26N2O. The van der Waals surface area contributed by atoms with E-state index in [9.17, 15) is 4.79 Å². The van der Waals surface area contributed by atoms with E-state index in [1.54, 1.807) is 0 Å². The highest BCUT2D eigenvalue weighted by Gasteiger charge is 2.41. The number of rotatable bonds is 3. The number of benzene rings is 1. The number of aryl methyl sites for hydroxylation is 1. The molecule has 1 aromatic carbocycles. The normalized spacial score (nSPS) is 26.4. The van der Waals surface area contributed by atoms with Gasteiger partial charge in [-0.1, -0.05) is 30.3 Å². The van der Waals surface area contributed by atoms with Crippen LogP contribution in [-0.4, -0.2) is 48.9 Å². The number of carbonyl (C=O) groups excluding carboxylic acids is 1. The zero-order chi connectivity index (χ0) is 14.7. The fraction of sp³-hybridized carbons (Fsp3) is 0.611. The van der Waals surface area contributed by atoms with Gasteiger partial charge in [0.1, 0.15) is 0 Å². The van der Waals surface area contributed by atoms with Gasteiger partial charge in [0.05, 0.1) is 0 Å². The van der Waals surface area contributed by atoms with Crippen molar-refractivity contribution >= 4 is 5.91 Å². The number of amides is 1. The number of hydrogen-bond acceptors (Lipinski definition) is 2. The highest BCUT2D eigenvalue weighted by molar-refractivity contribution is 5.76. The van der Waals surface area contributed by atoms with E-state index in [0.717, 1.165) is 26.1 Å². The summed E-state index contributed by atoms with van der Waals surface area (Å²) in [6.45, 7) is 4.31. The van der Waals surface area contributed by atoms with E-state index in [2.05, 4.69) is 29.0 Å². The van der Waals surface area contributed by atoms with Crippen LogP contribution in [0.2, 0.25) is 0 Å². The van der Waals surface area contributed by atoms with E-state index in [1.165, 1.54) is 31.4 Å². The van der Waals surface area contributed by atoms with Crippen LogP contribution in [0.3, 0.4) is 0 Å². The maximum atomic E-state index is 12.4. The summed E-state index contributed by atoms with van der Waals surface area (Å²) in [4.78, 5) is 17.0. The summed E-state index contributed by atoms with van der Waals surface area (Å²) < 4.78 is 0. The minimum atomic E-state index is 0.337. The fourth-order valence-electron chi connectivity index (χ4n) is 3.99. The summed E-state index contributed by atoms with van der Waals surface area (Å²) in [5.74, 6) is 0.337. The third-order valence-corrected chi connectivity index (χ3v) is 5.11. The second kappa shape index (κ2) is 6.18. The van der Waals surface area contributed by atoms with Crippen LogP contribution >= 0.6 is 0 Å². The van der Waals surface area contributed by atoms with Gasteiger partial charge >= 0.3 is 0 Å². The van der Waals surface area contributed by atoms with Crippen molar-refractivity contribution in [2.75, 3.05) is 33.2 Å². The molecule has 0 bridgehead atoms. The van der Waals surface area contributed by atoms with Crippen molar-refractivity contribution in [3.05, 3.63) is 35.9 Å². The molecule has 3 heteroatoms. The second-order valence-corrected chi connectivity index (χ2v) is 6.89. The summed E-state index contributed by atoms with van der Waals surface area (Å²) >= 11 is 0. The molecule has 0 N–H and O–H groups in total. The fourth-order valence-corrected chi connectivity index (χ4v) is 3.99. The lowest BCUT2D eigenvalue weighted by molar-refractivity contribution is -0.130. The third kappa shape index (κ3) is 3.46. The Balaban J connectivity index is 1.52. The number of hydrogen-bond donors (Lipinski definition) is 0. The summed E-state index contributed by atoms with van der Waals surface area (Å²) in [6, 6.07) is 10.3. The lowest BCUT2D eigenvalue weighted by Gasteiger charge is -2.38. The lowest BCUT2D eigenvalue weighted by atomic mass is 9.79. The Labute approximate surface area is 127 Å². The van der Waals surface area contributed by atoms with Gasteiger partial charge in [0.25, 0.3) is 0 Å². The second-order valence-electron chi connectivity index (χ2n) is 6.89.